The molecule has 0 unspecified atom stereocenters. The van der Waals surface area contributed by atoms with Gasteiger partial charge in [0.15, 0.2) is 5.96 Å². The van der Waals surface area contributed by atoms with Gasteiger partial charge in [0.2, 0.25) is 0 Å². The van der Waals surface area contributed by atoms with E-state index in [9.17, 15) is 0 Å². The molecule has 19 heavy (non-hydrogen) atoms. The smallest absolute Gasteiger partial charge is 0.188 e. The van der Waals surface area contributed by atoms with Gasteiger partial charge in [0.25, 0.3) is 0 Å². The molecule has 0 bridgehead atoms. The van der Waals surface area contributed by atoms with Gasteiger partial charge in [-0.05, 0) is 58.7 Å². The maximum absolute atomic E-state index is 5.82. The Kier molecular flexibility index (Phi) is 8.58. The first kappa shape index (κ1) is 16.2. The standard InChI is InChI=1S/C14H30N4O/c1-3-19-12-4-8-16-14(15)17-9-5-13-6-10-18(2)11-7-13/h13H,3-12H2,1-2H3,(H3,15,16,17). The average Bonchev–Trinajstić information content (AvgIpc) is 2.41. The number of nitrogens with one attached hydrogen (secondary N) is 1. The molecule has 0 spiro atoms. The highest BCUT2D eigenvalue weighted by Crippen LogP contribution is 2.18. The van der Waals surface area contributed by atoms with E-state index < -0.39 is 0 Å². The van der Waals surface area contributed by atoms with Gasteiger partial charge in [0.05, 0.1) is 0 Å². The Bertz CT molecular complexity index is 250. The van der Waals surface area contributed by atoms with E-state index in [1.807, 2.05) is 6.92 Å². The molecule has 0 aromatic rings. The van der Waals surface area contributed by atoms with E-state index >= 15 is 0 Å². The maximum atomic E-state index is 5.82. The zero-order valence-corrected chi connectivity index (χ0v) is 12.5. The van der Waals surface area contributed by atoms with Gasteiger partial charge < -0.3 is 20.7 Å². The molecular weight excluding hydrogens is 240 g/mol. The minimum absolute atomic E-state index is 0.574. The molecule has 5 nitrogen and oxygen atoms in total. The quantitative estimate of drug-likeness (QED) is 0.393. The number of aliphatic imine (C=N–C) groups is 1. The summed E-state index contributed by atoms with van der Waals surface area (Å²) in [7, 11) is 2.20. The van der Waals surface area contributed by atoms with E-state index in [1.54, 1.807) is 0 Å². The molecule has 5 heteroatoms. The summed E-state index contributed by atoms with van der Waals surface area (Å²) >= 11 is 0. The molecule has 1 heterocycles. The third-order valence-corrected chi connectivity index (χ3v) is 3.63. The van der Waals surface area contributed by atoms with Crippen LogP contribution in [0.3, 0.4) is 0 Å². The van der Waals surface area contributed by atoms with Gasteiger partial charge in [0.1, 0.15) is 0 Å². The van der Waals surface area contributed by atoms with Crippen molar-refractivity contribution in [2.75, 3.05) is 46.4 Å². The molecule has 1 rings (SSSR count). The molecule has 112 valence electrons. The van der Waals surface area contributed by atoms with Gasteiger partial charge in [-0.3, -0.25) is 4.99 Å². The molecule has 0 saturated carbocycles. The number of likely N-dealkylation sites (tertiary alicyclic amines) is 1. The largest absolute Gasteiger partial charge is 0.382 e. The van der Waals surface area contributed by atoms with Gasteiger partial charge in [-0.2, -0.15) is 0 Å². The second-order valence-corrected chi connectivity index (χ2v) is 5.28. The summed E-state index contributed by atoms with van der Waals surface area (Å²) in [6.45, 7) is 7.68. The van der Waals surface area contributed by atoms with E-state index in [0.29, 0.717) is 5.96 Å². The number of hydrogen-bond donors (Lipinski definition) is 2. The predicted molar refractivity (Wildman–Crippen MR) is 80.4 cm³/mol. The number of piperidine rings is 1. The van der Waals surface area contributed by atoms with Crippen LogP contribution in [0.15, 0.2) is 4.99 Å². The fourth-order valence-electron chi connectivity index (χ4n) is 2.32. The zero-order valence-electron chi connectivity index (χ0n) is 12.5. The zero-order chi connectivity index (χ0) is 13.9. The van der Waals surface area contributed by atoms with Crippen molar-refractivity contribution in [1.29, 1.82) is 0 Å². The first-order valence-electron chi connectivity index (χ1n) is 7.52. The number of ether oxygens (including phenoxy) is 1. The van der Waals surface area contributed by atoms with E-state index in [4.69, 9.17) is 10.5 Å². The molecule has 0 amide bonds. The Morgan fingerprint density at radius 3 is 2.84 bits per heavy atom. The van der Waals surface area contributed by atoms with E-state index in [0.717, 1.165) is 38.6 Å². The number of nitrogens with two attached hydrogens (primary N) is 1. The summed E-state index contributed by atoms with van der Waals surface area (Å²) in [5, 5.41) is 3.21. The second-order valence-electron chi connectivity index (χ2n) is 5.28. The van der Waals surface area contributed by atoms with Crippen LogP contribution < -0.4 is 11.1 Å². The van der Waals surface area contributed by atoms with Crippen molar-refractivity contribution in [2.45, 2.75) is 32.6 Å². The van der Waals surface area contributed by atoms with Crippen LogP contribution in [0.2, 0.25) is 0 Å². The number of nitrogens with zero attached hydrogens (tertiary/aromatic N) is 2. The van der Waals surface area contributed by atoms with Crippen LogP contribution in [0, 0.1) is 5.92 Å². The molecular formula is C14H30N4O. The molecule has 0 aromatic heterocycles. The Balaban J connectivity index is 2.00. The van der Waals surface area contributed by atoms with Crippen molar-refractivity contribution in [1.82, 2.24) is 10.2 Å². The lowest BCUT2D eigenvalue weighted by Crippen LogP contribution is -2.35. The normalized spacial score (nSPS) is 18.7. The van der Waals surface area contributed by atoms with Gasteiger partial charge in [-0.25, -0.2) is 0 Å². The molecule has 1 aliphatic rings. The minimum atomic E-state index is 0.574. The predicted octanol–water partition coefficient (Wildman–Crippen LogP) is 1.05. The van der Waals surface area contributed by atoms with Gasteiger partial charge >= 0.3 is 0 Å². The maximum Gasteiger partial charge on any atom is 0.188 e. The third-order valence-electron chi connectivity index (χ3n) is 3.63. The van der Waals surface area contributed by atoms with Crippen LogP contribution in [0.25, 0.3) is 0 Å². The van der Waals surface area contributed by atoms with E-state index in [1.165, 1.54) is 32.4 Å². The van der Waals surface area contributed by atoms with Crippen LogP contribution in [-0.4, -0.2) is 57.3 Å². The minimum Gasteiger partial charge on any atom is -0.382 e. The van der Waals surface area contributed by atoms with Crippen LogP contribution in [-0.2, 0) is 4.74 Å². The highest BCUT2D eigenvalue weighted by atomic mass is 16.5. The summed E-state index contributed by atoms with van der Waals surface area (Å²) in [6, 6.07) is 0. The summed E-state index contributed by atoms with van der Waals surface area (Å²) in [5.74, 6) is 1.42. The van der Waals surface area contributed by atoms with Crippen LogP contribution in [0.4, 0.5) is 0 Å². The summed E-state index contributed by atoms with van der Waals surface area (Å²) in [5.41, 5.74) is 5.82. The van der Waals surface area contributed by atoms with Crippen molar-refractivity contribution in [2.24, 2.45) is 16.6 Å². The van der Waals surface area contributed by atoms with Crippen molar-refractivity contribution in [3.8, 4) is 0 Å². The van der Waals surface area contributed by atoms with Crippen molar-refractivity contribution in [3.63, 3.8) is 0 Å². The van der Waals surface area contributed by atoms with Crippen molar-refractivity contribution < 1.29 is 4.74 Å². The summed E-state index contributed by atoms with van der Waals surface area (Å²) in [6.07, 6.45) is 4.75. The van der Waals surface area contributed by atoms with E-state index in [-0.39, 0.29) is 0 Å². The Labute approximate surface area is 117 Å². The molecule has 0 atom stereocenters. The number of guanidine groups is 1. The second kappa shape index (κ2) is 10.0. The highest BCUT2D eigenvalue weighted by Gasteiger charge is 2.15. The molecule has 1 fully saturated rings. The molecule has 0 aromatic carbocycles. The first-order chi connectivity index (χ1) is 9.22. The monoisotopic (exact) mass is 270 g/mol. The topological polar surface area (TPSA) is 62.9 Å². The number of hydrogen-bond acceptors (Lipinski definition) is 3. The molecule has 3 N–H and O–H groups in total. The van der Waals surface area contributed by atoms with Crippen molar-refractivity contribution >= 4 is 5.96 Å². The Hall–Kier alpha value is -0.810. The Morgan fingerprint density at radius 1 is 1.42 bits per heavy atom. The lowest BCUT2D eigenvalue weighted by Gasteiger charge is -2.28. The van der Waals surface area contributed by atoms with Gasteiger partial charge in [-0.15, -0.1) is 0 Å². The number of rotatable bonds is 8. The fraction of sp³-hybridized carbons (Fsp3) is 0.929. The lowest BCUT2D eigenvalue weighted by molar-refractivity contribution is 0.146. The van der Waals surface area contributed by atoms with Gasteiger partial charge in [0, 0.05) is 26.3 Å². The lowest BCUT2D eigenvalue weighted by atomic mass is 9.94. The van der Waals surface area contributed by atoms with Crippen molar-refractivity contribution in [3.05, 3.63) is 0 Å². The SMILES string of the molecule is CCOCCCN=C(N)NCCC1CCN(C)CC1. The van der Waals surface area contributed by atoms with Crippen LogP contribution >= 0.6 is 0 Å². The fourth-order valence-corrected chi connectivity index (χ4v) is 2.32. The summed E-state index contributed by atoms with van der Waals surface area (Å²) in [4.78, 5) is 6.69. The van der Waals surface area contributed by atoms with Crippen LogP contribution in [0.5, 0.6) is 0 Å². The average molecular weight is 270 g/mol. The Morgan fingerprint density at radius 2 is 2.16 bits per heavy atom. The van der Waals surface area contributed by atoms with Gasteiger partial charge in [-0.1, -0.05) is 0 Å². The summed E-state index contributed by atoms with van der Waals surface area (Å²) < 4.78 is 5.25. The molecule has 1 aliphatic heterocycles. The molecule has 0 radical (unpaired) electrons. The third kappa shape index (κ3) is 8.06. The highest BCUT2D eigenvalue weighted by molar-refractivity contribution is 5.77. The first-order valence-corrected chi connectivity index (χ1v) is 7.52. The van der Waals surface area contributed by atoms with Crippen LogP contribution in [0.1, 0.15) is 32.6 Å². The molecule has 0 aliphatic carbocycles. The molecule has 1 saturated heterocycles. The van der Waals surface area contributed by atoms with E-state index in [2.05, 4.69) is 22.3 Å².